The molecule has 0 aliphatic rings. The van der Waals surface area contributed by atoms with Gasteiger partial charge in [-0.25, -0.2) is 4.79 Å². The van der Waals surface area contributed by atoms with Gasteiger partial charge in [-0.15, -0.1) is 0 Å². The van der Waals surface area contributed by atoms with Crippen molar-refractivity contribution in [2.45, 2.75) is 60.5 Å². The lowest BCUT2D eigenvalue weighted by atomic mass is 9.84. The van der Waals surface area contributed by atoms with Crippen LogP contribution in [0.5, 0.6) is 0 Å². The van der Waals surface area contributed by atoms with Gasteiger partial charge in [0.1, 0.15) is 5.60 Å². The second kappa shape index (κ2) is 5.64. The van der Waals surface area contributed by atoms with Gasteiger partial charge in [-0.2, -0.15) is 4.89 Å². The summed E-state index contributed by atoms with van der Waals surface area (Å²) in [6.07, 6.45) is 0.791. The van der Waals surface area contributed by atoms with Gasteiger partial charge in [0, 0.05) is 0 Å². The molecule has 0 unspecified atom stereocenters. The van der Waals surface area contributed by atoms with Crippen molar-refractivity contribution in [3.8, 4) is 0 Å². The van der Waals surface area contributed by atoms with Crippen LogP contribution in [-0.4, -0.2) is 11.6 Å². The van der Waals surface area contributed by atoms with E-state index >= 15 is 0 Å². The molecule has 0 rings (SSSR count). The smallest absolute Gasteiger partial charge is 0.269 e. The third-order valence-electron chi connectivity index (χ3n) is 1.80. The molecule has 16 heavy (non-hydrogen) atoms. The molecule has 4 heteroatoms. The minimum absolute atomic E-state index is 0.120. The third kappa shape index (κ3) is 7.65. The van der Waals surface area contributed by atoms with Crippen LogP contribution < -0.4 is 0 Å². The molecule has 0 heterocycles. The molecule has 96 valence electrons. The molecule has 0 radical (unpaired) electrons. The van der Waals surface area contributed by atoms with Crippen LogP contribution in [0, 0.1) is 11.3 Å². The van der Waals surface area contributed by atoms with Crippen LogP contribution in [0.25, 0.3) is 0 Å². The molecule has 0 atom stereocenters. The lowest BCUT2D eigenvalue weighted by Gasteiger charge is -2.29. The van der Waals surface area contributed by atoms with Crippen molar-refractivity contribution in [1.29, 1.82) is 0 Å². The molecular formula is C12H24O4. The highest BCUT2D eigenvalue weighted by Crippen LogP contribution is 2.29. The van der Waals surface area contributed by atoms with E-state index < -0.39 is 11.6 Å². The molecule has 0 aromatic heterocycles. The SMILES string of the molecule is CC(C)C(=O)OOOC(C)(C)CC(C)(C)C. The molecule has 0 saturated heterocycles. The highest BCUT2D eigenvalue weighted by molar-refractivity contribution is 5.70. The van der Waals surface area contributed by atoms with Crippen LogP contribution in [-0.2, 0) is 19.6 Å². The summed E-state index contributed by atoms with van der Waals surface area (Å²) < 4.78 is 0. The maximum atomic E-state index is 11.1. The topological polar surface area (TPSA) is 44.8 Å². The maximum Gasteiger partial charge on any atom is 0.348 e. The van der Waals surface area contributed by atoms with E-state index in [-0.39, 0.29) is 11.3 Å². The van der Waals surface area contributed by atoms with Crippen molar-refractivity contribution in [3.05, 3.63) is 0 Å². The number of carbonyl (C=O) groups excluding carboxylic acids is 1. The summed E-state index contributed by atoms with van der Waals surface area (Å²) in [6, 6.07) is 0. The molecule has 0 N–H and O–H groups in total. The zero-order chi connectivity index (χ0) is 13.0. The predicted molar refractivity (Wildman–Crippen MR) is 61.3 cm³/mol. The number of hydrogen-bond acceptors (Lipinski definition) is 4. The normalized spacial score (nSPS) is 13.0. The molecule has 0 aliphatic heterocycles. The van der Waals surface area contributed by atoms with Crippen LogP contribution in [0.15, 0.2) is 0 Å². The van der Waals surface area contributed by atoms with E-state index in [4.69, 9.17) is 4.89 Å². The van der Waals surface area contributed by atoms with Gasteiger partial charge in [-0.3, -0.25) is 4.89 Å². The molecule has 0 spiro atoms. The Morgan fingerprint density at radius 1 is 1.12 bits per heavy atom. The summed E-state index contributed by atoms with van der Waals surface area (Å²) in [4.78, 5) is 20.7. The van der Waals surface area contributed by atoms with Gasteiger partial charge in [0.15, 0.2) is 0 Å². The minimum Gasteiger partial charge on any atom is -0.269 e. The maximum absolute atomic E-state index is 11.1. The Kier molecular flexibility index (Phi) is 5.42. The van der Waals surface area contributed by atoms with Crippen molar-refractivity contribution >= 4 is 5.97 Å². The Morgan fingerprint density at radius 2 is 1.62 bits per heavy atom. The van der Waals surface area contributed by atoms with Crippen LogP contribution in [0.4, 0.5) is 0 Å². The molecule has 4 nitrogen and oxygen atoms in total. The average molecular weight is 232 g/mol. The van der Waals surface area contributed by atoms with Gasteiger partial charge in [0.25, 0.3) is 0 Å². The van der Waals surface area contributed by atoms with Crippen LogP contribution in [0.1, 0.15) is 54.9 Å². The Balaban J connectivity index is 3.96. The Bertz CT molecular complexity index is 226. The predicted octanol–water partition coefficient (Wildman–Crippen LogP) is 3.26. The van der Waals surface area contributed by atoms with Crippen molar-refractivity contribution in [1.82, 2.24) is 0 Å². The van der Waals surface area contributed by atoms with Gasteiger partial charge >= 0.3 is 5.97 Å². The van der Waals surface area contributed by atoms with Crippen molar-refractivity contribution in [2.24, 2.45) is 11.3 Å². The lowest BCUT2D eigenvalue weighted by Crippen LogP contribution is -2.31. The quantitative estimate of drug-likeness (QED) is 0.539. The van der Waals surface area contributed by atoms with E-state index in [9.17, 15) is 4.79 Å². The fraction of sp³-hybridized carbons (Fsp3) is 0.917. The first-order chi connectivity index (χ1) is 7.03. The number of carbonyl (C=O) groups is 1. The second-order valence-corrected chi connectivity index (χ2v) is 6.21. The zero-order valence-corrected chi connectivity index (χ0v) is 11.4. The summed E-state index contributed by atoms with van der Waals surface area (Å²) >= 11 is 0. The van der Waals surface area contributed by atoms with E-state index in [0.29, 0.717) is 0 Å². The van der Waals surface area contributed by atoms with E-state index in [1.165, 1.54) is 0 Å². The monoisotopic (exact) mass is 232 g/mol. The van der Waals surface area contributed by atoms with Crippen molar-refractivity contribution < 1.29 is 19.6 Å². The minimum atomic E-state index is -0.491. The van der Waals surface area contributed by atoms with E-state index in [1.54, 1.807) is 13.8 Å². The highest BCUT2D eigenvalue weighted by Gasteiger charge is 2.28. The first-order valence-electron chi connectivity index (χ1n) is 5.60. The first kappa shape index (κ1) is 15.4. The van der Waals surface area contributed by atoms with Gasteiger partial charge < -0.3 is 0 Å². The molecule has 0 aliphatic carbocycles. The highest BCUT2D eigenvalue weighted by atomic mass is 17.5. The fourth-order valence-corrected chi connectivity index (χ4v) is 1.55. The van der Waals surface area contributed by atoms with E-state index in [2.05, 4.69) is 30.7 Å². The Labute approximate surface area is 98.1 Å². The third-order valence-corrected chi connectivity index (χ3v) is 1.80. The van der Waals surface area contributed by atoms with Gasteiger partial charge in [0.05, 0.1) is 5.92 Å². The summed E-state index contributed by atoms with van der Waals surface area (Å²) in [5, 5.41) is 4.52. The molecule has 0 amide bonds. The summed E-state index contributed by atoms with van der Waals surface area (Å²) in [5.74, 6) is -0.666. The van der Waals surface area contributed by atoms with Gasteiger partial charge in [0.2, 0.25) is 0 Å². The van der Waals surface area contributed by atoms with Crippen molar-refractivity contribution in [3.63, 3.8) is 0 Å². The summed E-state index contributed by atoms with van der Waals surface area (Å²) in [7, 11) is 0. The largest absolute Gasteiger partial charge is 0.348 e. The lowest BCUT2D eigenvalue weighted by molar-refractivity contribution is -0.519. The molecule has 0 aromatic rings. The molecule has 0 fully saturated rings. The molecule has 0 saturated carbocycles. The number of hydrogen-bond donors (Lipinski definition) is 0. The second-order valence-electron chi connectivity index (χ2n) is 6.21. The van der Waals surface area contributed by atoms with Crippen LogP contribution in [0.3, 0.4) is 0 Å². The standard InChI is InChI=1S/C12H24O4/c1-9(2)10(13)14-16-15-12(6,7)8-11(3,4)5/h9H,8H2,1-7H3. The van der Waals surface area contributed by atoms with Gasteiger partial charge in [-0.1, -0.05) is 34.6 Å². The summed E-state index contributed by atoms with van der Waals surface area (Å²) in [5.41, 5.74) is -0.371. The van der Waals surface area contributed by atoms with Crippen LogP contribution >= 0.6 is 0 Å². The van der Waals surface area contributed by atoms with Crippen LogP contribution in [0.2, 0.25) is 0 Å². The molecule has 0 aromatic carbocycles. The van der Waals surface area contributed by atoms with E-state index in [1.807, 2.05) is 13.8 Å². The molecule has 0 bridgehead atoms. The Morgan fingerprint density at radius 3 is 2.00 bits per heavy atom. The first-order valence-corrected chi connectivity index (χ1v) is 5.60. The van der Waals surface area contributed by atoms with E-state index in [0.717, 1.165) is 6.42 Å². The Hall–Kier alpha value is -0.610. The molecular weight excluding hydrogens is 208 g/mol. The zero-order valence-electron chi connectivity index (χ0n) is 11.4. The average Bonchev–Trinajstić information content (AvgIpc) is 1.98. The number of rotatable bonds is 5. The fourth-order valence-electron chi connectivity index (χ4n) is 1.55. The summed E-state index contributed by atoms with van der Waals surface area (Å²) in [6.45, 7) is 13.6. The van der Waals surface area contributed by atoms with Gasteiger partial charge in [-0.05, 0) is 30.7 Å². The van der Waals surface area contributed by atoms with Crippen molar-refractivity contribution in [2.75, 3.05) is 0 Å².